The number of benzene rings is 1. The normalized spacial score (nSPS) is 10.0. The molecule has 1 aromatic carbocycles. The predicted molar refractivity (Wildman–Crippen MR) is 71.0 cm³/mol. The Kier molecular flexibility index (Phi) is 3.32. The van der Waals surface area contributed by atoms with Crippen LogP contribution in [0.4, 0.5) is 11.5 Å². The van der Waals surface area contributed by atoms with E-state index in [4.69, 9.17) is 16.9 Å². The number of hydrogen-bond donors (Lipinski definition) is 1. The Labute approximate surface area is 109 Å². The van der Waals surface area contributed by atoms with Crippen molar-refractivity contribution in [3.05, 3.63) is 38.7 Å². The predicted octanol–water partition coefficient (Wildman–Crippen LogP) is 4.03. The maximum absolute atomic E-state index is 8.99. The van der Waals surface area contributed by atoms with Gasteiger partial charge in [0.25, 0.3) is 0 Å². The van der Waals surface area contributed by atoms with E-state index in [0.717, 1.165) is 16.3 Å². The molecular weight excluding hydrogens is 254 g/mol. The van der Waals surface area contributed by atoms with E-state index in [1.54, 1.807) is 0 Å². The second-order valence-corrected chi connectivity index (χ2v) is 5.25. The molecule has 0 amide bonds. The number of aryl methyl sites for hydroxylation is 2. The van der Waals surface area contributed by atoms with Gasteiger partial charge in [-0.05, 0) is 31.5 Å². The second-order valence-electron chi connectivity index (χ2n) is 3.61. The van der Waals surface area contributed by atoms with Gasteiger partial charge in [0.1, 0.15) is 10.9 Å². The lowest BCUT2D eigenvalue weighted by molar-refractivity contribution is 1.27. The molecule has 0 saturated heterocycles. The summed E-state index contributed by atoms with van der Waals surface area (Å²) in [4.78, 5) is 4.87. The highest BCUT2D eigenvalue weighted by Crippen LogP contribution is 2.28. The smallest absolute Gasteiger partial charge is 0.159 e. The fourth-order valence-corrected chi connectivity index (χ4v) is 2.29. The summed E-state index contributed by atoms with van der Waals surface area (Å²) in [6.45, 7) is 3.85. The molecule has 0 fully saturated rings. The summed E-state index contributed by atoms with van der Waals surface area (Å²) in [6, 6.07) is 7.72. The lowest BCUT2D eigenvalue weighted by Crippen LogP contribution is -1.95. The standard InChI is InChI=1S/C12H10ClN3S/c1-7-3-4-9(13)5-10(7)16-12-11(6-14)17-8(2)15-12/h3-5,16H,1-2H3. The van der Waals surface area contributed by atoms with Gasteiger partial charge in [0, 0.05) is 10.7 Å². The average molecular weight is 264 g/mol. The van der Waals surface area contributed by atoms with Gasteiger partial charge in [0.2, 0.25) is 0 Å². The first-order valence-electron chi connectivity index (χ1n) is 5.01. The zero-order chi connectivity index (χ0) is 12.4. The number of hydrogen-bond acceptors (Lipinski definition) is 4. The van der Waals surface area contributed by atoms with E-state index >= 15 is 0 Å². The van der Waals surface area contributed by atoms with Crippen LogP contribution < -0.4 is 5.32 Å². The molecule has 0 unspecified atom stereocenters. The van der Waals surface area contributed by atoms with Crippen molar-refractivity contribution >= 4 is 34.4 Å². The average Bonchev–Trinajstić information content (AvgIpc) is 2.64. The largest absolute Gasteiger partial charge is 0.338 e. The highest BCUT2D eigenvalue weighted by atomic mass is 35.5. The van der Waals surface area contributed by atoms with E-state index in [0.29, 0.717) is 15.7 Å². The summed E-state index contributed by atoms with van der Waals surface area (Å²) in [5, 5.41) is 13.7. The van der Waals surface area contributed by atoms with Gasteiger partial charge < -0.3 is 5.32 Å². The molecule has 86 valence electrons. The summed E-state index contributed by atoms with van der Waals surface area (Å²) >= 11 is 7.32. The van der Waals surface area contributed by atoms with Crippen molar-refractivity contribution in [2.75, 3.05) is 5.32 Å². The lowest BCUT2D eigenvalue weighted by atomic mass is 10.2. The number of thiazole rings is 1. The summed E-state index contributed by atoms with van der Waals surface area (Å²) in [5.41, 5.74) is 1.93. The number of anilines is 2. The number of rotatable bonds is 2. The van der Waals surface area contributed by atoms with Gasteiger partial charge in [-0.2, -0.15) is 5.26 Å². The quantitative estimate of drug-likeness (QED) is 0.890. The van der Waals surface area contributed by atoms with Crippen LogP contribution in [0.25, 0.3) is 0 Å². The molecular formula is C12H10ClN3S. The van der Waals surface area contributed by atoms with Crippen LogP contribution in [0.5, 0.6) is 0 Å². The topological polar surface area (TPSA) is 48.7 Å². The van der Waals surface area contributed by atoms with Crippen LogP contribution in [-0.2, 0) is 0 Å². The minimum Gasteiger partial charge on any atom is -0.338 e. The van der Waals surface area contributed by atoms with Crippen LogP contribution in [0, 0.1) is 25.2 Å². The molecule has 0 radical (unpaired) electrons. The first-order valence-corrected chi connectivity index (χ1v) is 6.20. The molecule has 0 saturated carbocycles. The van der Waals surface area contributed by atoms with Gasteiger partial charge >= 0.3 is 0 Å². The molecule has 2 rings (SSSR count). The van der Waals surface area contributed by atoms with Gasteiger partial charge in [-0.1, -0.05) is 17.7 Å². The minimum atomic E-state index is 0.585. The molecule has 0 spiro atoms. The SMILES string of the molecule is Cc1nc(Nc2cc(Cl)ccc2C)c(C#N)s1. The van der Waals surface area contributed by atoms with Gasteiger partial charge in [-0.25, -0.2) is 4.98 Å². The van der Waals surface area contributed by atoms with Crippen LogP contribution >= 0.6 is 22.9 Å². The third-order valence-corrected chi connectivity index (χ3v) is 3.40. The monoisotopic (exact) mass is 263 g/mol. The van der Waals surface area contributed by atoms with Crippen LogP contribution in [0.2, 0.25) is 5.02 Å². The number of nitriles is 1. The number of halogens is 1. The Morgan fingerprint density at radius 3 is 2.88 bits per heavy atom. The van der Waals surface area contributed by atoms with Gasteiger partial charge in [0.15, 0.2) is 5.82 Å². The van der Waals surface area contributed by atoms with Gasteiger partial charge in [0.05, 0.1) is 5.01 Å². The molecule has 3 nitrogen and oxygen atoms in total. The van der Waals surface area contributed by atoms with Crippen molar-refractivity contribution in [1.82, 2.24) is 4.98 Å². The van der Waals surface area contributed by atoms with E-state index in [1.165, 1.54) is 11.3 Å². The van der Waals surface area contributed by atoms with Crippen molar-refractivity contribution in [2.24, 2.45) is 0 Å². The molecule has 0 aliphatic carbocycles. The molecule has 0 aliphatic heterocycles. The van der Waals surface area contributed by atoms with Crippen molar-refractivity contribution in [1.29, 1.82) is 5.26 Å². The Balaban J connectivity index is 2.38. The van der Waals surface area contributed by atoms with E-state index in [1.807, 2.05) is 32.0 Å². The fourth-order valence-electron chi connectivity index (χ4n) is 1.44. The van der Waals surface area contributed by atoms with Crippen molar-refractivity contribution in [3.8, 4) is 6.07 Å². The molecule has 1 heterocycles. The van der Waals surface area contributed by atoms with Crippen molar-refractivity contribution in [3.63, 3.8) is 0 Å². The Morgan fingerprint density at radius 2 is 2.18 bits per heavy atom. The molecule has 1 aromatic heterocycles. The Bertz CT molecular complexity index is 598. The highest BCUT2D eigenvalue weighted by Gasteiger charge is 2.09. The van der Waals surface area contributed by atoms with Crippen LogP contribution in [0.15, 0.2) is 18.2 Å². The van der Waals surface area contributed by atoms with E-state index in [2.05, 4.69) is 16.4 Å². The maximum Gasteiger partial charge on any atom is 0.159 e. The first kappa shape index (κ1) is 11.9. The molecule has 17 heavy (non-hydrogen) atoms. The molecule has 0 bridgehead atoms. The first-order chi connectivity index (χ1) is 8.10. The van der Waals surface area contributed by atoms with Crippen molar-refractivity contribution in [2.45, 2.75) is 13.8 Å². The molecule has 2 aromatic rings. The number of nitrogens with one attached hydrogen (secondary N) is 1. The zero-order valence-corrected chi connectivity index (χ0v) is 11.0. The van der Waals surface area contributed by atoms with E-state index in [-0.39, 0.29) is 0 Å². The zero-order valence-electron chi connectivity index (χ0n) is 9.41. The Hall–Kier alpha value is -1.57. The van der Waals surface area contributed by atoms with Crippen molar-refractivity contribution < 1.29 is 0 Å². The third-order valence-electron chi connectivity index (χ3n) is 2.29. The minimum absolute atomic E-state index is 0.585. The Morgan fingerprint density at radius 1 is 1.41 bits per heavy atom. The number of aromatic nitrogens is 1. The summed E-state index contributed by atoms with van der Waals surface area (Å²) in [5.74, 6) is 0.598. The summed E-state index contributed by atoms with van der Waals surface area (Å²) in [7, 11) is 0. The highest BCUT2D eigenvalue weighted by molar-refractivity contribution is 7.12. The van der Waals surface area contributed by atoms with Gasteiger partial charge in [-0.3, -0.25) is 0 Å². The molecule has 0 atom stereocenters. The van der Waals surface area contributed by atoms with E-state index in [9.17, 15) is 0 Å². The van der Waals surface area contributed by atoms with Gasteiger partial charge in [-0.15, -0.1) is 11.3 Å². The van der Waals surface area contributed by atoms with Crippen LogP contribution in [0.3, 0.4) is 0 Å². The number of nitrogens with zero attached hydrogens (tertiary/aromatic N) is 2. The van der Waals surface area contributed by atoms with Crippen LogP contribution in [-0.4, -0.2) is 4.98 Å². The lowest BCUT2D eigenvalue weighted by Gasteiger charge is -2.07. The van der Waals surface area contributed by atoms with E-state index < -0.39 is 0 Å². The second kappa shape index (κ2) is 4.74. The maximum atomic E-state index is 8.99. The third kappa shape index (κ3) is 2.57. The summed E-state index contributed by atoms with van der Waals surface area (Å²) in [6.07, 6.45) is 0. The molecule has 1 N–H and O–H groups in total. The molecule has 5 heteroatoms. The summed E-state index contributed by atoms with van der Waals surface area (Å²) < 4.78 is 0. The van der Waals surface area contributed by atoms with Crippen LogP contribution in [0.1, 0.15) is 15.4 Å². The fraction of sp³-hybridized carbons (Fsp3) is 0.167. The molecule has 0 aliphatic rings.